The fraction of sp³-hybridized carbons (Fsp3) is 0.294. The average Bonchev–Trinajstić information content (AvgIpc) is 2.89. The highest BCUT2D eigenvalue weighted by molar-refractivity contribution is 5.88. The first-order valence-corrected chi connectivity index (χ1v) is 13.2. The van der Waals surface area contributed by atoms with Crippen LogP contribution in [-0.2, 0) is 6.42 Å². The molecule has 0 aromatic heterocycles. The maximum atomic E-state index is 15.2. The van der Waals surface area contributed by atoms with E-state index in [0.717, 1.165) is 53.7 Å². The van der Waals surface area contributed by atoms with Gasteiger partial charge in [0.05, 0.1) is 6.61 Å². The van der Waals surface area contributed by atoms with Gasteiger partial charge in [0.15, 0.2) is 0 Å². The Morgan fingerprint density at radius 3 is 2.28 bits per heavy atom. The van der Waals surface area contributed by atoms with Crippen molar-refractivity contribution in [1.29, 1.82) is 0 Å². The summed E-state index contributed by atoms with van der Waals surface area (Å²) in [4.78, 5) is 0. The van der Waals surface area contributed by atoms with E-state index in [2.05, 4.69) is 56.0 Å². The van der Waals surface area contributed by atoms with E-state index in [1.807, 2.05) is 43.3 Å². The van der Waals surface area contributed by atoms with Crippen molar-refractivity contribution in [3.05, 3.63) is 101 Å². The summed E-state index contributed by atoms with van der Waals surface area (Å²) < 4.78 is 20.9. The predicted octanol–water partition coefficient (Wildman–Crippen LogP) is 9.27. The van der Waals surface area contributed by atoms with Crippen LogP contribution in [0.2, 0.25) is 0 Å². The maximum absolute atomic E-state index is 15.2. The molecule has 4 aromatic carbocycles. The second-order valence-corrected chi connectivity index (χ2v) is 9.48. The van der Waals surface area contributed by atoms with Gasteiger partial charge in [0.1, 0.15) is 11.6 Å². The molecule has 0 aliphatic carbocycles. The van der Waals surface area contributed by atoms with E-state index in [1.165, 1.54) is 30.2 Å². The number of fused-ring (bicyclic) bond motifs is 1. The van der Waals surface area contributed by atoms with Crippen LogP contribution >= 0.6 is 0 Å². The van der Waals surface area contributed by atoms with Gasteiger partial charge in [-0.25, -0.2) is 4.39 Å². The van der Waals surface area contributed by atoms with Crippen LogP contribution in [0.15, 0.2) is 72.8 Å². The van der Waals surface area contributed by atoms with Gasteiger partial charge in [0, 0.05) is 16.7 Å². The molecule has 0 spiro atoms. The standard InChI is InChI=1S/C34H35FO/c1-4-6-8-9-27-11-15-30-23-31(17-16-29(30)22-27)33-21-25(3)28(24-34(33)35)14-10-26-12-18-32(19-13-26)36-20-7-5-2/h11-13,15-19,21-24H,4-9,20H2,1-3H3. The lowest BCUT2D eigenvalue weighted by molar-refractivity contribution is 0.309. The topological polar surface area (TPSA) is 9.23 Å². The molecule has 0 fully saturated rings. The summed E-state index contributed by atoms with van der Waals surface area (Å²) in [6.45, 7) is 7.09. The Labute approximate surface area is 215 Å². The first-order valence-electron chi connectivity index (χ1n) is 13.2. The van der Waals surface area contributed by atoms with Crippen molar-refractivity contribution in [3.63, 3.8) is 0 Å². The first kappa shape index (κ1) is 25.5. The molecular weight excluding hydrogens is 443 g/mol. The number of hydrogen-bond acceptors (Lipinski definition) is 1. The van der Waals surface area contributed by atoms with Crippen molar-refractivity contribution in [2.45, 2.75) is 59.3 Å². The van der Waals surface area contributed by atoms with E-state index >= 15 is 4.39 Å². The quantitative estimate of drug-likeness (QED) is 0.172. The van der Waals surface area contributed by atoms with Crippen LogP contribution in [0.5, 0.6) is 5.75 Å². The molecule has 0 aliphatic rings. The number of halogens is 1. The van der Waals surface area contributed by atoms with Gasteiger partial charge in [-0.2, -0.15) is 0 Å². The summed E-state index contributed by atoms with van der Waals surface area (Å²) in [7, 11) is 0. The van der Waals surface area contributed by atoms with Gasteiger partial charge in [-0.15, -0.1) is 0 Å². The van der Waals surface area contributed by atoms with Crippen LogP contribution in [0.25, 0.3) is 21.9 Å². The van der Waals surface area contributed by atoms with E-state index in [0.29, 0.717) is 11.1 Å². The second-order valence-electron chi connectivity index (χ2n) is 9.48. The molecule has 0 atom stereocenters. The zero-order valence-electron chi connectivity index (χ0n) is 21.7. The number of rotatable bonds is 9. The third kappa shape index (κ3) is 6.55. The fourth-order valence-electron chi connectivity index (χ4n) is 4.34. The predicted molar refractivity (Wildman–Crippen MR) is 150 cm³/mol. The Hall–Kier alpha value is -3.57. The van der Waals surface area contributed by atoms with Crippen molar-refractivity contribution in [2.75, 3.05) is 6.61 Å². The third-order valence-corrected chi connectivity index (χ3v) is 6.56. The van der Waals surface area contributed by atoms with Crippen molar-refractivity contribution in [3.8, 4) is 28.7 Å². The molecule has 184 valence electrons. The zero-order chi connectivity index (χ0) is 25.3. The summed E-state index contributed by atoms with van der Waals surface area (Å²) in [5.74, 6) is 6.91. The fourth-order valence-corrected chi connectivity index (χ4v) is 4.34. The summed E-state index contributed by atoms with van der Waals surface area (Å²) in [6.07, 6.45) is 6.97. The molecule has 4 aromatic rings. The number of aryl methyl sites for hydroxylation is 2. The lowest BCUT2D eigenvalue weighted by atomic mass is 9.96. The molecular formula is C34H35FO. The molecule has 0 saturated carbocycles. The number of hydrogen-bond donors (Lipinski definition) is 0. The molecule has 0 heterocycles. The average molecular weight is 479 g/mol. The summed E-state index contributed by atoms with van der Waals surface area (Å²) >= 11 is 0. The highest BCUT2D eigenvalue weighted by atomic mass is 19.1. The third-order valence-electron chi connectivity index (χ3n) is 6.56. The molecule has 0 unspecified atom stereocenters. The monoisotopic (exact) mass is 478 g/mol. The molecule has 0 radical (unpaired) electrons. The lowest BCUT2D eigenvalue weighted by Gasteiger charge is -2.10. The smallest absolute Gasteiger partial charge is 0.132 e. The second kappa shape index (κ2) is 12.4. The molecule has 1 nitrogen and oxygen atoms in total. The summed E-state index contributed by atoms with van der Waals surface area (Å²) in [5, 5.41) is 2.34. The lowest BCUT2D eigenvalue weighted by Crippen LogP contribution is -1.95. The van der Waals surface area contributed by atoms with Crippen molar-refractivity contribution in [2.24, 2.45) is 0 Å². The largest absolute Gasteiger partial charge is 0.494 e. The number of benzene rings is 4. The summed E-state index contributed by atoms with van der Waals surface area (Å²) in [6, 6.07) is 24.0. The Kier molecular flexibility index (Phi) is 8.80. The van der Waals surface area contributed by atoms with Crippen LogP contribution < -0.4 is 4.74 Å². The maximum Gasteiger partial charge on any atom is 0.132 e. The van der Waals surface area contributed by atoms with Gasteiger partial charge >= 0.3 is 0 Å². The van der Waals surface area contributed by atoms with E-state index < -0.39 is 0 Å². The summed E-state index contributed by atoms with van der Waals surface area (Å²) in [5.41, 5.74) is 5.42. The van der Waals surface area contributed by atoms with Crippen LogP contribution in [0.1, 0.15) is 68.2 Å². The Bertz CT molecular complexity index is 1370. The molecule has 0 saturated heterocycles. The number of unbranched alkanes of at least 4 members (excludes halogenated alkanes) is 3. The van der Waals surface area contributed by atoms with Gasteiger partial charge in [-0.3, -0.25) is 0 Å². The Morgan fingerprint density at radius 1 is 0.750 bits per heavy atom. The Balaban J connectivity index is 1.51. The van der Waals surface area contributed by atoms with Gasteiger partial charge < -0.3 is 4.74 Å². The molecule has 0 aliphatic heterocycles. The van der Waals surface area contributed by atoms with Gasteiger partial charge in [-0.1, -0.05) is 75.3 Å². The minimum atomic E-state index is -0.250. The minimum Gasteiger partial charge on any atom is -0.494 e. The normalized spacial score (nSPS) is 10.8. The highest BCUT2D eigenvalue weighted by Gasteiger charge is 2.10. The molecule has 36 heavy (non-hydrogen) atoms. The molecule has 2 heteroatoms. The Morgan fingerprint density at radius 2 is 1.50 bits per heavy atom. The van der Waals surface area contributed by atoms with E-state index in [4.69, 9.17) is 4.74 Å². The van der Waals surface area contributed by atoms with Crippen LogP contribution in [-0.4, -0.2) is 6.61 Å². The van der Waals surface area contributed by atoms with Crippen molar-refractivity contribution >= 4 is 10.8 Å². The molecule has 0 N–H and O–H groups in total. The zero-order valence-corrected chi connectivity index (χ0v) is 21.7. The van der Waals surface area contributed by atoms with Crippen LogP contribution in [0.4, 0.5) is 4.39 Å². The van der Waals surface area contributed by atoms with Gasteiger partial charge in [-0.05, 0) is 96.1 Å². The number of ether oxygens (including phenoxy) is 1. The van der Waals surface area contributed by atoms with Crippen LogP contribution in [0, 0.1) is 24.6 Å². The van der Waals surface area contributed by atoms with E-state index in [-0.39, 0.29) is 5.82 Å². The SMILES string of the molecule is CCCCCc1ccc2cc(-c3cc(C)c(C#Cc4ccc(OCCCC)cc4)cc3F)ccc2c1. The first-order chi connectivity index (χ1) is 17.6. The van der Waals surface area contributed by atoms with E-state index in [9.17, 15) is 0 Å². The van der Waals surface area contributed by atoms with Crippen molar-refractivity contribution < 1.29 is 9.13 Å². The molecule has 0 bridgehead atoms. The molecule has 4 rings (SSSR count). The van der Waals surface area contributed by atoms with Crippen molar-refractivity contribution in [1.82, 2.24) is 0 Å². The highest BCUT2D eigenvalue weighted by Crippen LogP contribution is 2.29. The van der Waals surface area contributed by atoms with E-state index in [1.54, 1.807) is 6.07 Å². The van der Waals surface area contributed by atoms with Gasteiger partial charge in [0.25, 0.3) is 0 Å². The van der Waals surface area contributed by atoms with Crippen LogP contribution in [0.3, 0.4) is 0 Å². The minimum absolute atomic E-state index is 0.250. The van der Waals surface area contributed by atoms with Gasteiger partial charge in [0.2, 0.25) is 0 Å². The molecule has 0 amide bonds.